The number of carbonyl (C=O) groups is 1. The first-order valence-electron chi connectivity index (χ1n) is 2.78. The lowest BCUT2D eigenvalue weighted by atomic mass is 10.2. The van der Waals surface area contributed by atoms with Crippen LogP contribution in [0.2, 0.25) is 10.0 Å². The molecule has 0 fully saturated rings. The topological polar surface area (TPSA) is 37.3 Å². The van der Waals surface area contributed by atoms with Gasteiger partial charge in [-0.3, -0.25) is 4.79 Å². The van der Waals surface area contributed by atoms with Gasteiger partial charge in [0.05, 0.1) is 10.0 Å². The molecule has 0 radical (unpaired) electrons. The molecule has 0 unspecified atom stereocenters. The molecule has 0 aromatic heterocycles. The second-order valence-electron chi connectivity index (χ2n) is 1.95. The fourth-order valence-electron chi connectivity index (χ4n) is 0.653. The van der Waals surface area contributed by atoms with E-state index in [1.54, 1.807) is 0 Å². The van der Waals surface area contributed by atoms with Crippen molar-refractivity contribution in [3.63, 3.8) is 0 Å². The van der Waals surface area contributed by atoms with Crippen LogP contribution in [0.1, 0.15) is 17.8 Å². The van der Waals surface area contributed by atoms with Crippen LogP contribution in [0.4, 0.5) is 0 Å². The van der Waals surface area contributed by atoms with E-state index in [9.17, 15) is 4.79 Å². The molecule has 1 N–H and O–H groups in total. The molecule has 1 aromatic carbocycles. The summed E-state index contributed by atoms with van der Waals surface area (Å²) in [5.74, 6) is -0.195. The molecular formula is C8H8Cl2O2. The van der Waals surface area contributed by atoms with Gasteiger partial charge in [0, 0.05) is 5.56 Å². The monoisotopic (exact) mass is 206 g/mol. The smallest absolute Gasteiger partial charge is 0.152 e. The summed E-state index contributed by atoms with van der Waals surface area (Å²) >= 11 is 11.0. The first kappa shape index (κ1) is 11.3. The van der Waals surface area contributed by atoms with Crippen LogP contribution in [0.25, 0.3) is 0 Å². The van der Waals surface area contributed by atoms with Gasteiger partial charge in [-0.25, -0.2) is 0 Å². The normalized spacial score (nSPS) is 8.83. The summed E-state index contributed by atoms with van der Waals surface area (Å²) in [5.41, 5.74) is 0.345. The van der Waals surface area contributed by atoms with Gasteiger partial charge in [0.15, 0.2) is 5.75 Å². The Bertz CT molecular complexity index is 274. The average Bonchev–Trinajstić information content (AvgIpc) is 1.99. The molecule has 1 aromatic rings. The third kappa shape index (κ3) is 2.13. The van der Waals surface area contributed by atoms with Crippen LogP contribution in [0, 0.1) is 0 Å². The predicted octanol–water partition coefficient (Wildman–Crippen LogP) is 3.15. The number of hydrogen-bond donors (Lipinski definition) is 1. The molecule has 12 heavy (non-hydrogen) atoms. The Balaban J connectivity index is 0.00000121. The second kappa shape index (κ2) is 4.33. The van der Waals surface area contributed by atoms with Crippen molar-refractivity contribution in [3.05, 3.63) is 27.7 Å². The number of benzene rings is 1. The maximum atomic E-state index is 10.2. The van der Waals surface area contributed by atoms with Gasteiger partial charge in [-0.05, 0) is 12.1 Å². The second-order valence-corrected chi connectivity index (χ2v) is 2.77. The minimum Gasteiger partial charge on any atom is -0.505 e. The number of carbonyl (C=O) groups excluding carboxylic acids is 1. The van der Waals surface area contributed by atoms with Gasteiger partial charge in [-0.1, -0.05) is 30.6 Å². The fourth-order valence-corrected chi connectivity index (χ4v) is 1.16. The van der Waals surface area contributed by atoms with Crippen molar-refractivity contribution in [2.45, 2.75) is 7.43 Å². The Morgan fingerprint density at radius 1 is 1.25 bits per heavy atom. The van der Waals surface area contributed by atoms with Crippen LogP contribution in [-0.2, 0) is 0 Å². The molecule has 0 heterocycles. The highest BCUT2D eigenvalue weighted by Crippen LogP contribution is 2.31. The third-order valence-corrected chi connectivity index (χ3v) is 1.75. The summed E-state index contributed by atoms with van der Waals surface area (Å²) in [6.07, 6.45) is 0.608. The largest absolute Gasteiger partial charge is 0.505 e. The van der Waals surface area contributed by atoms with E-state index in [4.69, 9.17) is 28.3 Å². The third-order valence-electron chi connectivity index (χ3n) is 1.18. The minimum absolute atomic E-state index is 0. The van der Waals surface area contributed by atoms with Gasteiger partial charge >= 0.3 is 0 Å². The summed E-state index contributed by atoms with van der Waals surface area (Å²) < 4.78 is 0. The fraction of sp³-hybridized carbons (Fsp3) is 0.125. The van der Waals surface area contributed by atoms with Crippen molar-refractivity contribution in [2.24, 2.45) is 0 Å². The van der Waals surface area contributed by atoms with Gasteiger partial charge in [-0.2, -0.15) is 0 Å². The quantitative estimate of drug-likeness (QED) is 0.718. The molecule has 0 atom stereocenters. The summed E-state index contributed by atoms with van der Waals surface area (Å²) in [6.45, 7) is 0. The highest BCUT2D eigenvalue weighted by molar-refractivity contribution is 6.37. The average molecular weight is 207 g/mol. The lowest BCUT2D eigenvalue weighted by Crippen LogP contribution is -1.80. The van der Waals surface area contributed by atoms with E-state index in [0.717, 1.165) is 0 Å². The Kier molecular flexibility index (Phi) is 4.07. The molecule has 0 bridgehead atoms. The zero-order valence-corrected chi connectivity index (χ0v) is 6.86. The van der Waals surface area contributed by atoms with E-state index in [-0.39, 0.29) is 23.2 Å². The van der Waals surface area contributed by atoms with Crippen molar-refractivity contribution in [1.29, 1.82) is 0 Å². The van der Waals surface area contributed by atoms with Crippen molar-refractivity contribution in [1.82, 2.24) is 0 Å². The highest BCUT2D eigenvalue weighted by Gasteiger charge is 2.04. The van der Waals surface area contributed by atoms with Crippen molar-refractivity contribution in [3.8, 4) is 5.75 Å². The maximum Gasteiger partial charge on any atom is 0.152 e. The minimum atomic E-state index is -0.195. The zero-order chi connectivity index (χ0) is 8.43. The van der Waals surface area contributed by atoms with Crippen LogP contribution in [0.15, 0.2) is 12.1 Å². The number of phenolic OH excluding ortho intramolecular Hbond substituents is 1. The molecule has 0 aliphatic heterocycles. The van der Waals surface area contributed by atoms with Crippen molar-refractivity contribution < 1.29 is 9.90 Å². The zero-order valence-electron chi connectivity index (χ0n) is 5.34. The van der Waals surface area contributed by atoms with Crippen LogP contribution in [0.3, 0.4) is 0 Å². The van der Waals surface area contributed by atoms with Crippen LogP contribution < -0.4 is 0 Å². The van der Waals surface area contributed by atoms with E-state index in [2.05, 4.69) is 0 Å². The predicted molar refractivity (Wildman–Crippen MR) is 50.2 cm³/mol. The van der Waals surface area contributed by atoms with E-state index in [0.29, 0.717) is 11.8 Å². The van der Waals surface area contributed by atoms with Crippen LogP contribution >= 0.6 is 23.2 Å². The van der Waals surface area contributed by atoms with Crippen molar-refractivity contribution >= 4 is 29.5 Å². The van der Waals surface area contributed by atoms with Gasteiger partial charge < -0.3 is 5.11 Å². The van der Waals surface area contributed by atoms with Crippen LogP contribution in [-0.4, -0.2) is 11.4 Å². The SMILES string of the molecule is C.O=Cc1cc(Cl)c(O)c(Cl)c1. The molecule has 0 saturated carbocycles. The first-order chi connectivity index (χ1) is 5.15. The van der Waals surface area contributed by atoms with Gasteiger partial charge in [0.25, 0.3) is 0 Å². The van der Waals surface area contributed by atoms with E-state index in [1.165, 1.54) is 12.1 Å². The summed E-state index contributed by atoms with van der Waals surface area (Å²) in [4.78, 5) is 10.2. The molecule has 1 rings (SSSR count). The molecule has 4 heteroatoms. The van der Waals surface area contributed by atoms with Crippen LogP contribution in [0.5, 0.6) is 5.75 Å². The Labute approximate surface area is 80.7 Å². The molecule has 0 saturated heterocycles. The number of phenols is 1. The summed E-state index contributed by atoms with van der Waals surface area (Å²) in [5, 5.41) is 9.21. The summed E-state index contributed by atoms with van der Waals surface area (Å²) in [7, 11) is 0. The standard InChI is InChI=1S/C7H4Cl2O2.CH4/c8-5-1-4(3-10)2-6(9)7(5)11;/h1-3,11H;1H4. The molecule has 0 amide bonds. The molecule has 0 spiro atoms. The lowest BCUT2D eigenvalue weighted by Gasteiger charge is -1.99. The first-order valence-corrected chi connectivity index (χ1v) is 3.54. The number of halogens is 2. The lowest BCUT2D eigenvalue weighted by molar-refractivity contribution is 0.112. The van der Waals surface area contributed by atoms with Crippen molar-refractivity contribution in [2.75, 3.05) is 0 Å². The number of rotatable bonds is 1. The number of hydrogen-bond acceptors (Lipinski definition) is 2. The maximum absolute atomic E-state index is 10.2. The van der Waals surface area contributed by atoms with Gasteiger partial charge in [-0.15, -0.1) is 0 Å². The van der Waals surface area contributed by atoms with Gasteiger partial charge in [0.1, 0.15) is 6.29 Å². The van der Waals surface area contributed by atoms with Gasteiger partial charge in [0.2, 0.25) is 0 Å². The van der Waals surface area contributed by atoms with E-state index < -0.39 is 0 Å². The Hall–Kier alpha value is -0.730. The Morgan fingerprint density at radius 3 is 2.00 bits per heavy atom. The van der Waals surface area contributed by atoms with E-state index >= 15 is 0 Å². The highest BCUT2D eigenvalue weighted by atomic mass is 35.5. The molecule has 66 valence electrons. The summed E-state index contributed by atoms with van der Waals surface area (Å²) in [6, 6.07) is 2.69. The molecule has 0 aliphatic carbocycles. The molecule has 2 nitrogen and oxygen atoms in total. The number of aldehydes is 1. The van der Waals surface area contributed by atoms with E-state index in [1.807, 2.05) is 0 Å². The molecule has 0 aliphatic rings. The number of aromatic hydroxyl groups is 1. The molecular weight excluding hydrogens is 199 g/mol. The Morgan fingerprint density at radius 2 is 1.67 bits per heavy atom.